The van der Waals surface area contributed by atoms with Gasteiger partial charge in [0.25, 0.3) is 0 Å². The van der Waals surface area contributed by atoms with Gasteiger partial charge < -0.3 is 10.5 Å². The Morgan fingerprint density at radius 3 is 2.89 bits per heavy atom. The molecule has 0 aliphatic carbocycles. The zero-order valence-corrected chi connectivity index (χ0v) is 12.6. The Bertz CT molecular complexity index is 411. The summed E-state index contributed by atoms with van der Waals surface area (Å²) in [5, 5.41) is 0. The number of hydrogen-bond donors (Lipinski definition) is 1. The van der Waals surface area contributed by atoms with E-state index in [1.54, 1.807) is 7.11 Å². The van der Waals surface area contributed by atoms with Crippen LogP contribution >= 0.6 is 15.9 Å². The van der Waals surface area contributed by atoms with E-state index >= 15 is 0 Å². The molecule has 0 radical (unpaired) electrons. The van der Waals surface area contributed by atoms with Crippen molar-refractivity contribution in [3.05, 3.63) is 33.8 Å². The van der Waals surface area contributed by atoms with Crippen molar-refractivity contribution in [2.24, 2.45) is 11.7 Å². The van der Waals surface area contributed by atoms with Crippen molar-refractivity contribution < 1.29 is 4.74 Å². The summed E-state index contributed by atoms with van der Waals surface area (Å²) in [4.78, 5) is 2.40. The van der Waals surface area contributed by atoms with E-state index in [0.717, 1.165) is 24.0 Å². The zero-order valence-electron chi connectivity index (χ0n) is 11.0. The second kappa shape index (κ2) is 6.15. The molecule has 2 N–H and O–H groups in total. The zero-order chi connectivity index (χ0) is 13.1. The van der Waals surface area contributed by atoms with Crippen LogP contribution in [0.3, 0.4) is 0 Å². The second-order valence-electron chi connectivity index (χ2n) is 5.07. The first-order chi connectivity index (χ1) is 8.65. The Morgan fingerprint density at radius 2 is 2.28 bits per heavy atom. The molecule has 2 atom stereocenters. The van der Waals surface area contributed by atoms with Crippen LogP contribution in [0.15, 0.2) is 22.7 Å². The average Bonchev–Trinajstić information content (AvgIpc) is 2.71. The molecule has 0 saturated carbocycles. The van der Waals surface area contributed by atoms with Gasteiger partial charge in [-0.3, -0.25) is 4.90 Å². The maximum absolute atomic E-state index is 5.80. The van der Waals surface area contributed by atoms with Gasteiger partial charge in [0.1, 0.15) is 0 Å². The lowest BCUT2D eigenvalue weighted by Crippen LogP contribution is -2.21. The molecular formula is C14H21BrN2O. The molecule has 3 nitrogen and oxygen atoms in total. The molecule has 0 spiro atoms. The Morgan fingerprint density at radius 1 is 1.50 bits per heavy atom. The minimum absolute atomic E-state index is 0.469. The summed E-state index contributed by atoms with van der Waals surface area (Å²) in [7, 11) is 3.92. The number of nitrogens with zero attached hydrogens (tertiary/aromatic N) is 1. The summed E-state index contributed by atoms with van der Waals surface area (Å²) in [5.41, 5.74) is 8.44. The number of likely N-dealkylation sites (tertiary alicyclic amines) is 1. The van der Waals surface area contributed by atoms with Crippen LogP contribution in [0.1, 0.15) is 23.6 Å². The van der Waals surface area contributed by atoms with E-state index in [9.17, 15) is 0 Å². The van der Waals surface area contributed by atoms with Crippen LogP contribution in [0.5, 0.6) is 0 Å². The highest BCUT2D eigenvalue weighted by molar-refractivity contribution is 9.10. The molecule has 4 heteroatoms. The minimum atomic E-state index is 0.469. The van der Waals surface area contributed by atoms with E-state index in [4.69, 9.17) is 10.5 Å². The standard InChI is InChI=1S/C14H21BrN2O/c1-17-8-10(7-16)5-14(17)13-4-3-12(15)6-11(13)9-18-2/h3-4,6,10,14H,5,7-9,16H2,1-2H3. The second-order valence-corrected chi connectivity index (χ2v) is 5.98. The first kappa shape index (κ1) is 14.0. The van der Waals surface area contributed by atoms with E-state index in [-0.39, 0.29) is 0 Å². The van der Waals surface area contributed by atoms with Crippen LogP contribution in [0, 0.1) is 5.92 Å². The van der Waals surface area contributed by atoms with Gasteiger partial charge in [0, 0.05) is 24.2 Å². The Kier molecular flexibility index (Phi) is 4.78. The molecule has 1 saturated heterocycles. The predicted molar refractivity (Wildman–Crippen MR) is 77.4 cm³/mol. The quantitative estimate of drug-likeness (QED) is 0.928. The number of methoxy groups -OCH3 is 1. The van der Waals surface area contributed by atoms with Crippen molar-refractivity contribution in [2.75, 3.05) is 27.2 Å². The topological polar surface area (TPSA) is 38.5 Å². The van der Waals surface area contributed by atoms with E-state index in [2.05, 4.69) is 46.1 Å². The molecule has 1 aromatic rings. The number of nitrogens with two attached hydrogens (primary N) is 1. The summed E-state index contributed by atoms with van der Waals surface area (Å²) >= 11 is 3.53. The Balaban J connectivity index is 2.27. The fourth-order valence-electron chi connectivity index (χ4n) is 2.82. The predicted octanol–water partition coefficient (Wildman–Crippen LogP) is 2.55. The maximum Gasteiger partial charge on any atom is 0.0716 e. The summed E-state index contributed by atoms with van der Waals surface area (Å²) < 4.78 is 6.41. The highest BCUT2D eigenvalue weighted by Crippen LogP contribution is 2.36. The molecule has 2 unspecified atom stereocenters. The molecule has 2 rings (SSSR count). The summed E-state index contributed by atoms with van der Waals surface area (Å²) in [6.07, 6.45) is 1.14. The SMILES string of the molecule is COCc1cc(Br)ccc1C1CC(CN)CN1C. The molecular weight excluding hydrogens is 292 g/mol. The lowest BCUT2D eigenvalue weighted by Gasteiger charge is -2.22. The number of benzene rings is 1. The number of rotatable bonds is 4. The van der Waals surface area contributed by atoms with Crippen LogP contribution in [0.25, 0.3) is 0 Å². The lowest BCUT2D eigenvalue weighted by atomic mass is 9.96. The fraction of sp³-hybridized carbons (Fsp3) is 0.571. The first-order valence-corrected chi connectivity index (χ1v) is 7.12. The third kappa shape index (κ3) is 2.94. The van der Waals surface area contributed by atoms with Gasteiger partial charge in [-0.15, -0.1) is 0 Å². The molecule has 100 valence electrons. The molecule has 1 aromatic carbocycles. The fourth-order valence-corrected chi connectivity index (χ4v) is 3.23. The summed E-state index contributed by atoms with van der Waals surface area (Å²) in [5.74, 6) is 0.610. The van der Waals surface area contributed by atoms with Crippen molar-refractivity contribution >= 4 is 15.9 Å². The molecule has 0 aromatic heterocycles. The highest BCUT2D eigenvalue weighted by Gasteiger charge is 2.30. The van der Waals surface area contributed by atoms with Crippen molar-refractivity contribution in [3.63, 3.8) is 0 Å². The summed E-state index contributed by atoms with van der Waals surface area (Å²) in [6.45, 7) is 2.52. The van der Waals surface area contributed by atoms with Crippen LogP contribution in [-0.4, -0.2) is 32.1 Å². The van der Waals surface area contributed by atoms with E-state index < -0.39 is 0 Å². The van der Waals surface area contributed by atoms with Crippen molar-refractivity contribution in [3.8, 4) is 0 Å². The van der Waals surface area contributed by atoms with E-state index in [0.29, 0.717) is 18.6 Å². The van der Waals surface area contributed by atoms with Crippen LogP contribution in [-0.2, 0) is 11.3 Å². The van der Waals surface area contributed by atoms with Crippen LogP contribution in [0.2, 0.25) is 0 Å². The van der Waals surface area contributed by atoms with Gasteiger partial charge in [-0.05, 0) is 49.2 Å². The summed E-state index contributed by atoms with van der Waals surface area (Å²) in [6, 6.07) is 6.94. The average molecular weight is 313 g/mol. The van der Waals surface area contributed by atoms with Crippen molar-refractivity contribution in [1.82, 2.24) is 4.90 Å². The minimum Gasteiger partial charge on any atom is -0.380 e. The monoisotopic (exact) mass is 312 g/mol. The third-order valence-corrected chi connectivity index (χ3v) is 4.23. The van der Waals surface area contributed by atoms with Crippen LogP contribution < -0.4 is 5.73 Å². The van der Waals surface area contributed by atoms with Crippen molar-refractivity contribution in [1.29, 1.82) is 0 Å². The molecule has 1 fully saturated rings. The Labute approximate surface area is 117 Å². The van der Waals surface area contributed by atoms with Gasteiger partial charge >= 0.3 is 0 Å². The van der Waals surface area contributed by atoms with Gasteiger partial charge in [-0.2, -0.15) is 0 Å². The van der Waals surface area contributed by atoms with Crippen LogP contribution in [0.4, 0.5) is 0 Å². The first-order valence-electron chi connectivity index (χ1n) is 6.33. The van der Waals surface area contributed by atoms with Gasteiger partial charge in [0.05, 0.1) is 6.61 Å². The van der Waals surface area contributed by atoms with Gasteiger partial charge in [-0.25, -0.2) is 0 Å². The molecule has 0 bridgehead atoms. The largest absolute Gasteiger partial charge is 0.380 e. The number of hydrogen-bond acceptors (Lipinski definition) is 3. The molecule has 1 aliphatic rings. The normalized spacial score (nSPS) is 24.7. The number of halogens is 1. The maximum atomic E-state index is 5.80. The van der Waals surface area contributed by atoms with E-state index in [1.165, 1.54) is 11.1 Å². The van der Waals surface area contributed by atoms with Crippen molar-refractivity contribution in [2.45, 2.75) is 19.1 Å². The highest BCUT2D eigenvalue weighted by atomic mass is 79.9. The van der Waals surface area contributed by atoms with Gasteiger partial charge in [0.2, 0.25) is 0 Å². The molecule has 18 heavy (non-hydrogen) atoms. The molecule has 1 heterocycles. The third-order valence-electron chi connectivity index (χ3n) is 3.73. The lowest BCUT2D eigenvalue weighted by molar-refractivity contribution is 0.182. The smallest absolute Gasteiger partial charge is 0.0716 e. The molecule has 0 amide bonds. The van der Waals surface area contributed by atoms with Gasteiger partial charge in [0.15, 0.2) is 0 Å². The Hall–Kier alpha value is -0.420. The van der Waals surface area contributed by atoms with Gasteiger partial charge in [-0.1, -0.05) is 22.0 Å². The number of ether oxygens (including phenoxy) is 1. The molecule has 1 aliphatic heterocycles. The van der Waals surface area contributed by atoms with E-state index in [1.807, 2.05) is 0 Å².